The fourth-order valence-electron chi connectivity index (χ4n) is 4.34. The number of ether oxygens (including phenoxy) is 1. The number of carbonyl (C=O) groups excluding carboxylic acids is 1. The predicted octanol–water partition coefficient (Wildman–Crippen LogP) is 3.09. The zero-order valence-electron chi connectivity index (χ0n) is 18.3. The van der Waals surface area contributed by atoms with E-state index in [2.05, 4.69) is 46.3 Å². The number of aryl methyl sites for hydroxylation is 2. The molecule has 6 nitrogen and oxygen atoms in total. The maximum atomic E-state index is 11.5. The summed E-state index contributed by atoms with van der Waals surface area (Å²) in [4.78, 5) is 16.2. The standard InChI is InChI=1S/C25H33N3O3/c1-2-3-19-4-7-21(8-5-19)28-14-12-27(13-15-28)17-22(29)18-31-23-9-10-24-20(16-23)6-11-25(30)26-24/h4-5,7-10,16,22,29H,2-3,6,11-15,17-18H2,1H3,(H,26,30). The lowest BCUT2D eigenvalue weighted by molar-refractivity contribution is -0.116. The van der Waals surface area contributed by atoms with Crippen molar-refractivity contribution in [3.63, 3.8) is 0 Å². The van der Waals surface area contributed by atoms with E-state index < -0.39 is 6.10 Å². The number of hydrogen-bond acceptors (Lipinski definition) is 5. The highest BCUT2D eigenvalue weighted by Crippen LogP contribution is 2.27. The second-order valence-corrected chi connectivity index (χ2v) is 8.54. The molecule has 0 aliphatic carbocycles. The van der Waals surface area contributed by atoms with E-state index in [0.29, 0.717) is 13.0 Å². The molecule has 0 aromatic heterocycles. The minimum absolute atomic E-state index is 0.0604. The van der Waals surface area contributed by atoms with Crippen molar-refractivity contribution in [3.05, 3.63) is 53.6 Å². The molecule has 2 heterocycles. The number of benzene rings is 2. The Kier molecular flexibility index (Phi) is 7.10. The largest absolute Gasteiger partial charge is 0.491 e. The van der Waals surface area contributed by atoms with Crippen LogP contribution in [0.3, 0.4) is 0 Å². The predicted molar refractivity (Wildman–Crippen MR) is 124 cm³/mol. The molecule has 1 amide bonds. The van der Waals surface area contributed by atoms with E-state index in [0.717, 1.165) is 56.0 Å². The Morgan fingerprint density at radius 1 is 1.06 bits per heavy atom. The van der Waals surface area contributed by atoms with Gasteiger partial charge in [-0.1, -0.05) is 25.5 Å². The van der Waals surface area contributed by atoms with Gasteiger partial charge in [-0.05, 0) is 54.3 Å². The average Bonchev–Trinajstić information content (AvgIpc) is 2.79. The van der Waals surface area contributed by atoms with Crippen molar-refractivity contribution < 1.29 is 14.6 Å². The summed E-state index contributed by atoms with van der Waals surface area (Å²) in [5.74, 6) is 0.801. The Labute approximate surface area is 184 Å². The van der Waals surface area contributed by atoms with E-state index in [1.54, 1.807) is 0 Å². The van der Waals surface area contributed by atoms with Gasteiger partial charge >= 0.3 is 0 Å². The lowest BCUT2D eigenvalue weighted by Gasteiger charge is -2.37. The third-order valence-corrected chi connectivity index (χ3v) is 6.10. The molecule has 6 heteroatoms. The number of β-amino-alcohol motifs (C(OH)–C–C–N with tert-alkyl or cyclic N) is 1. The number of anilines is 2. The molecule has 0 saturated carbocycles. The molecule has 2 aliphatic rings. The van der Waals surface area contributed by atoms with Gasteiger partial charge in [0.15, 0.2) is 0 Å². The molecule has 2 aliphatic heterocycles. The van der Waals surface area contributed by atoms with Gasteiger partial charge in [0.05, 0.1) is 0 Å². The summed E-state index contributed by atoms with van der Waals surface area (Å²) >= 11 is 0. The van der Waals surface area contributed by atoms with Gasteiger partial charge in [0, 0.05) is 50.5 Å². The quantitative estimate of drug-likeness (QED) is 0.683. The van der Waals surface area contributed by atoms with Crippen LogP contribution in [-0.2, 0) is 17.6 Å². The van der Waals surface area contributed by atoms with Gasteiger partial charge < -0.3 is 20.1 Å². The van der Waals surface area contributed by atoms with Crippen LogP contribution in [0, 0.1) is 0 Å². The van der Waals surface area contributed by atoms with Crippen molar-refractivity contribution in [1.29, 1.82) is 0 Å². The zero-order chi connectivity index (χ0) is 21.6. The van der Waals surface area contributed by atoms with E-state index >= 15 is 0 Å². The summed E-state index contributed by atoms with van der Waals surface area (Å²) in [6.07, 6.45) is 3.02. The average molecular weight is 424 g/mol. The number of piperazine rings is 1. The Balaban J connectivity index is 1.20. The maximum absolute atomic E-state index is 11.5. The van der Waals surface area contributed by atoms with Crippen LogP contribution < -0.4 is 15.0 Å². The van der Waals surface area contributed by atoms with E-state index in [1.807, 2.05) is 18.2 Å². The minimum Gasteiger partial charge on any atom is -0.491 e. The molecule has 0 bridgehead atoms. The molecule has 4 rings (SSSR count). The molecule has 0 radical (unpaired) electrons. The number of rotatable bonds is 8. The van der Waals surface area contributed by atoms with Gasteiger partial charge in [-0.3, -0.25) is 9.69 Å². The van der Waals surface area contributed by atoms with Crippen molar-refractivity contribution in [2.24, 2.45) is 0 Å². The Hall–Kier alpha value is -2.57. The summed E-state index contributed by atoms with van der Waals surface area (Å²) in [5, 5.41) is 13.3. The highest BCUT2D eigenvalue weighted by molar-refractivity contribution is 5.94. The van der Waals surface area contributed by atoms with Crippen molar-refractivity contribution in [1.82, 2.24) is 4.90 Å². The molecular formula is C25H33N3O3. The van der Waals surface area contributed by atoms with E-state index in [9.17, 15) is 9.90 Å². The molecule has 31 heavy (non-hydrogen) atoms. The molecule has 2 N–H and O–H groups in total. The Morgan fingerprint density at radius 3 is 2.58 bits per heavy atom. The second kappa shape index (κ2) is 10.2. The molecule has 1 saturated heterocycles. The molecule has 0 spiro atoms. The van der Waals surface area contributed by atoms with Crippen molar-refractivity contribution in [2.45, 2.75) is 38.7 Å². The van der Waals surface area contributed by atoms with Crippen LogP contribution in [0.15, 0.2) is 42.5 Å². The normalized spacial score (nSPS) is 17.7. The zero-order valence-corrected chi connectivity index (χ0v) is 18.3. The van der Waals surface area contributed by atoms with Crippen molar-refractivity contribution >= 4 is 17.3 Å². The molecule has 1 atom stereocenters. The summed E-state index contributed by atoms with van der Waals surface area (Å²) in [6.45, 7) is 6.90. The lowest BCUT2D eigenvalue weighted by atomic mass is 10.0. The first kappa shape index (κ1) is 21.7. The topological polar surface area (TPSA) is 65.0 Å². The summed E-state index contributed by atoms with van der Waals surface area (Å²) in [7, 11) is 0. The first-order valence-corrected chi connectivity index (χ1v) is 11.4. The summed E-state index contributed by atoms with van der Waals surface area (Å²) < 4.78 is 5.82. The minimum atomic E-state index is -0.532. The highest BCUT2D eigenvalue weighted by Gasteiger charge is 2.20. The van der Waals surface area contributed by atoms with E-state index in [1.165, 1.54) is 17.7 Å². The molecule has 2 aromatic carbocycles. The molecule has 1 fully saturated rings. The number of hydrogen-bond donors (Lipinski definition) is 2. The smallest absolute Gasteiger partial charge is 0.224 e. The molecule has 2 aromatic rings. The fraction of sp³-hybridized carbons (Fsp3) is 0.480. The third kappa shape index (κ3) is 5.77. The fourth-order valence-corrected chi connectivity index (χ4v) is 4.34. The van der Waals surface area contributed by atoms with Crippen LogP contribution in [0.4, 0.5) is 11.4 Å². The van der Waals surface area contributed by atoms with Crippen LogP contribution in [0.25, 0.3) is 0 Å². The maximum Gasteiger partial charge on any atom is 0.224 e. The summed E-state index contributed by atoms with van der Waals surface area (Å²) in [5.41, 5.74) is 4.64. The van der Waals surface area contributed by atoms with Crippen LogP contribution in [0.2, 0.25) is 0 Å². The second-order valence-electron chi connectivity index (χ2n) is 8.54. The monoisotopic (exact) mass is 423 g/mol. The first-order chi connectivity index (χ1) is 15.1. The van der Waals surface area contributed by atoms with Gasteiger partial charge in [0.2, 0.25) is 5.91 Å². The summed E-state index contributed by atoms with van der Waals surface area (Å²) in [6, 6.07) is 14.6. The van der Waals surface area contributed by atoms with Gasteiger partial charge in [-0.2, -0.15) is 0 Å². The van der Waals surface area contributed by atoms with E-state index in [4.69, 9.17) is 4.74 Å². The van der Waals surface area contributed by atoms with Crippen molar-refractivity contribution in [2.75, 3.05) is 49.5 Å². The first-order valence-electron chi connectivity index (χ1n) is 11.4. The number of aliphatic hydroxyl groups is 1. The Bertz CT molecular complexity index is 876. The van der Waals surface area contributed by atoms with Crippen LogP contribution in [0.5, 0.6) is 5.75 Å². The van der Waals surface area contributed by atoms with Gasteiger partial charge in [-0.25, -0.2) is 0 Å². The van der Waals surface area contributed by atoms with E-state index in [-0.39, 0.29) is 12.5 Å². The van der Waals surface area contributed by atoms with Gasteiger partial charge in [0.1, 0.15) is 18.5 Å². The molecule has 166 valence electrons. The number of aliphatic hydroxyl groups excluding tert-OH is 1. The third-order valence-electron chi connectivity index (χ3n) is 6.10. The molecule has 1 unspecified atom stereocenters. The SMILES string of the molecule is CCCc1ccc(N2CCN(CC(O)COc3ccc4c(c3)CCC(=O)N4)CC2)cc1. The van der Waals surface area contributed by atoms with Crippen LogP contribution in [0.1, 0.15) is 30.9 Å². The van der Waals surface area contributed by atoms with Crippen LogP contribution >= 0.6 is 0 Å². The van der Waals surface area contributed by atoms with Crippen LogP contribution in [-0.4, -0.2) is 61.3 Å². The highest BCUT2D eigenvalue weighted by atomic mass is 16.5. The van der Waals surface area contributed by atoms with Crippen molar-refractivity contribution in [3.8, 4) is 5.75 Å². The molecular weight excluding hydrogens is 390 g/mol. The number of nitrogens with zero attached hydrogens (tertiary/aromatic N) is 2. The number of nitrogens with one attached hydrogen (secondary N) is 1. The number of amides is 1. The Morgan fingerprint density at radius 2 is 1.84 bits per heavy atom. The van der Waals surface area contributed by atoms with Gasteiger partial charge in [-0.15, -0.1) is 0 Å². The lowest BCUT2D eigenvalue weighted by Crippen LogP contribution is -2.49. The number of carbonyl (C=O) groups is 1. The number of fused-ring (bicyclic) bond motifs is 1. The van der Waals surface area contributed by atoms with Gasteiger partial charge in [0.25, 0.3) is 0 Å².